The highest BCUT2D eigenvalue weighted by Crippen LogP contribution is 2.13. The van der Waals surface area contributed by atoms with Crippen molar-refractivity contribution in [2.75, 3.05) is 26.7 Å². The van der Waals surface area contributed by atoms with E-state index in [1.165, 1.54) is 5.56 Å². The fourth-order valence-corrected chi connectivity index (χ4v) is 2.37. The molecule has 1 fully saturated rings. The van der Waals surface area contributed by atoms with E-state index in [-0.39, 0.29) is 6.10 Å². The molecule has 0 unspecified atom stereocenters. The molecule has 0 saturated carbocycles. The van der Waals surface area contributed by atoms with Crippen molar-refractivity contribution in [3.8, 4) is 5.75 Å². The molecule has 104 valence electrons. The van der Waals surface area contributed by atoms with Crippen LogP contribution in [0.4, 0.5) is 0 Å². The number of benzene rings is 1. The van der Waals surface area contributed by atoms with Crippen molar-refractivity contribution in [2.24, 2.45) is 0 Å². The summed E-state index contributed by atoms with van der Waals surface area (Å²) in [6.45, 7) is 3.04. The summed E-state index contributed by atoms with van der Waals surface area (Å²) in [5, 5.41) is 9.60. The van der Waals surface area contributed by atoms with Gasteiger partial charge < -0.3 is 9.84 Å². The fourth-order valence-electron chi connectivity index (χ4n) is 2.37. The van der Waals surface area contributed by atoms with E-state index in [0.29, 0.717) is 0 Å². The summed E-state index contributed by atoms with van der Waals surface area (Å²) in [4.78, 5) is 2.40. The molecule has 1 heterocycles. The van der Waals surface area contributed by atoms with Crippen LogP contribution in [0.2, 0.25) is 0 Å². The topological polar surface area (TPSA) is 32.7 Å². The average Bonchev–Trinajstić information content (AvgIpc) is 2.65. The van der Waals surface area contributed by atoms with Crippen molar-refractivity contribution in [1.29, 1.82) is 0 Å². The second-order valence-corrected chi connectivity index (χ2v) is 5.06. The second kappa shape index (κ2) is 7.31. The zero-order chi connectivity index (χ0) is 13.5. The summed E-state index contributed by atoms with van der Waals surface area (Å²) in [6, 6.07) is 8.06. The van der Waals surface area contributed by atoms with Gasteiger partial charge in [-0.2, -0.15) is 0 Å². The van der Waals surface area contributed by atoms with E-state index in [1.54, 1.807) is 7.11 Å². The standard InChI is InChI=1S/C16H23NO2/c1-19-16-8-6-14(7-9-16)4-2-11-17-12-3-5-15(18)10-13-17/h2,4,6-9,15,18H,3,5,10-13H2,1H3/b4-2+/t15-/m0/s1. The zero-order valence-corrected chi connectivity index (χ0v) is 11.6. The highest BCUT2D eigenvalue weighted by atomic mass is 16.5. The number of ether oxygens (including phenoxy) is 1. The Bertz CT molecular complexity index is 400. The predicted octanol–water partition coefficient (Wildman–Crippen LogP) is 2.56. The summed E-state index contributed by atoms with van der Waals surface area (Å²) in [7, 11) is 1.68. The molecule has 1 atom stereocenters. The van der Waals surface area contributed by atoms with E-state index in [9.17, 15) is 5.11 Å². The maximum Gasteiger partial charge on any atom is 0.118 e. The number of aliphatic hydroxyl groups is 1. The van der Waals surface area contributed by atoms with Crippen LogP contribution in [0.15, 0.2) is 30.3 Å². The van der Waals surface area contributed by atoms with Gasteiger partial charge in [-0.3, -0.25) is 4.90 Å². The molecule has 3 nitrogen and oxygen atoms in total. The first kappa shape index (κ1) is 14.1. The van der Waals surface area contributed by atoms with Gasteiger partial charge in [-0.05, 0) is 43.5 Å². The van der Waals surface area contributed by atoms with Gasteiger partial charge in [0.2, 0.25) is 0 Å². The molecule has 1 aromatic rings. The number of aliphatic hydroxyl groups excluding tert-OH is 1. The quantitative estimate of drug-likeness (QED) is 0.904. The molecule has 3 heteroatoms. The van der Waals surface area contributed by atoms with Gasteiger partial charge in [-0.1, -0.05) is 24.3 Å². The van der Waals surface area contributed by atoms with E-state index in [4.69, 9.17) is 4.74 Å². The van der Waals surface area contributed by atoms with Crippen LogP contribution in [0, 0.1) is 0 Å². The third kappa shape index (κ3) is 4.69. The molecule has 2 rings (SSSR count). The van der Waals surface area contributed by atoms with E-state index >= 15 is 0 Å². The molecule has 0 aromatic heterocycles. The first-order chi connectivity index (χ1) is 9.28. The van der Waals surface area contributed by atoms with Crippen LogP contribution in [0.25, 0.3) is 6.08 Å². The first-order valence-corrected chi connectivity index (χ1v) is 6.99. The molecule has 1 N–H and O–H groups in total. The van der Waals surface area contributed by atoms with Crippen LogP contribution in [-0.4, -0.2) is 42.9 Å². The summed E-state index contributed by atoms with van der Waals surface area (Å²) in [6.07, 6.45) is 7.17. The van der Waals surface area contributed by atoms with Gasteiger partial charge in [0, 0.05) is 13.1 Å². The van der Waals surface area contributed by atoms with Crippen LogP contribution in [0.1, 0.15) is 24.8 Å². The molecule has 0 aliphatic carbocycles. The molecular weight excluding hydrogens is 238 g/mol. The Hall–Kier alpha value is -1.32. The molecule has 19 heavy (non-hydrogen) atoms. The fraction of sp³-hybridized carbons (Fsp3) is 0.500. The van der Waals surface area contributed by atoms with Gasteiger partial charge in [0.1, 0.15) is 5.75 Å². The molecule has 1 saturated heterocycles. The maximum absolute atomic E-state index is 9.60. The third-order valence-corrected chi connectivity index (χ3v) is 3.58. The summed E-state index contributed by atoms with van der Waals surface area (Å²) in [5.41, 5.74) is 1.19. The molecule has 1 aromatic carbocycles. The zero-order valence-electron chi connectivity index (χ0n) is 11.6. The SMILES string of the molecule is COc1ccc(/C=C/CN2CCC[C@H](O)CC2)cc1. The normalized spacial score (nSPS) is 21.5. The Morgan fingerprint density at radius 3 is 2.79 bits per heavy atom. The van der Waals surface area contributed by atoms with Gasteiger partial charge in [0.25, 0.3) is 0 Å². The number of hydrogen-bond acceptors (Lipinski definition) is 3. The lowest BCUT2D eigenvalue weighted by molar-refractivity contribution is 0.156. The van der Waals surface area contributed by atoms with Crippen molar-refractivity contribution in [3.63, 3.8) is 0 Å². The monoisotopic (exact) mass is 261 g/mol. The van der Waals surface area contributed by atoms with Crippen LogP contribution in [0.5, 0.6) is 5.75 Å². The Morgan fingerprint density at radius 2 is 2.05 bits per heavy atom. The van der Waals surface area contributed by atoms with Crippen LogP contribution in [0.3, 0.4) is 0 Å². The van der Waals surface area contributed by atoms with Gasteiger partial charge in [-0.25, -0.2) is 0 Å². The molecule has 0 bridgehead atoms. The minimum absolute atomic E-state index is 0.101. The second-order valence-electron chi connectivity index (χ2n) is 5.06. The third-order valence-electron chi connectivity index (χ3n) is 3.58. The van der Waals surface area contributed by atoms with Crippen molar-refractivity contribution < 1.29 is 9.84 Å². The van der Waals surface area contributed by atoms with E-state index in [1.807, 2.05) is 12.1 Å². The summed E-state index contributed by atoms with van der Waals surface area (Å²) in [5.74, 6) is 0.888. The lowest BCUT2D eigenvalue weighted by Gasteiger charge is -2.17. The van der Waals surface area contributed by atoms with Gasteiger partial charge in [0.15, 0.2) is 0 Å². The maximum atomic E-state index is 9.60. The minimum atomic E-state index is -0.101. The van der Waals surface area contributed by atoms with Crippen LogP contribution >= 0.6 is 0 Å². The lowest BCUT2D eigenvalue weighted by Crippen LogP contribution is -2.25. The molecule has 0 spiro atoms. The summed E-state index contributed by atoms with van der Waals surface area (Å²) >= 11 is 0. The van der Waals surface area contributed by atoms with E-state index in [0.717, 1.165) is 44.6 Å². The molecule has 0 amide bonds. The van der Waals surface area contributed by atoms with E-state index in [2.05, 4.69) is 29.2 Å². The lowest BCUT2D eigenvalue weighted by atomic mass is 10.2. The van der Waals surface area contributed by atoms with Crippen molar-refractivity contribution in [3.05, 3.63) is 35.9 Å². The van der Waals surface area contributed by atoms with Gasteiger partial charge in [0.05, 0.1) is 13.2 Å². The number of likely N-dealkylation sites (tertiary alicyclic amines) is 1. The molecular formula is C16H23NO2. The minimum Gasteiger partial charge on any atom is -0.497 e. The largest absolute Gasteiger partial charge is 0.497 e. The van der Waals surface area contributed by atoms with E-state index < -0.39 is 0 Å². The van der Waals surface area contributed by atoms with Crippen LogP contribution < -0.4 is 4.74 Å². The number of rotatable bonds is 4. The average molecular weight is 261 g/mol. The van der Waals surface area contributed by atoms with Crippen LogP contribution in [-0.2, 0) is 0 Å². The van der Waals surface area contributed by atoms with Gasteiger partial charge in [-0.15, -0.1) is 0 Å². The van der Waals surface area contributed by atoms with Crippen molar-refractivity contribution >= 4 is 6.08 Å². The first-order valence-electron chi connectivity index (χ1n) is 6.99. The highest BCUT2D eigenvalue weighted by molar-refractivity contribution is 5.50. The predicted molar refractivity (Wildman–Crippen MR) is 78.3 cm³/mol. The molecule has 1 aliphatic rings. The number of methoxy groups -OCH3 is 1. The molecule has 0 radical (unpaired) electrons. The molecule has 1 aliphatic heterocycles. The highest BCUT2D eigenvalue weighted by Gasteiger charge is 2.13. The summed E-state index contributed by atoms with van der Waals surface area (Å²) < 4.78 is 5.14. The number of nitrogens with zero attached hydrogens (tertiary/aromatic N) is 1. The van der Waals surface area contributed by atoms with Crippen molar-refractivity contribution in [1.82, 2.24) is 4.90 Å². The Labute approximate surface area is 115 Å². The number of hydrogen-bond donors (Lipinski definition) is 1. The smallest absolute Gasteiger partial charge is 0.118 e. The Kier molecular flexibility index (Phi) is 5.43. The Morgan fingerprint density at radius 1 is 1.26 bits per heavy atom. The van der Waals surface area contributed by atoms with Gasteiger partial charge >= 0.3 is 0 Å². The Balaban J connectivity index is 1.81. The van der Waals surface area contributed by atoms with Crippen molar-refractivity contribution in [2.45, 2.75) is 25.4 Å².